The molecule has 0 saturated carbocycles. The van der Waals surface area contributed by atoms with E-state index in [1.807, 2.05) is 30.3 Å². The molecule has 0 radical (unpaired) electrons. The van der Waals surface area contributed by atoms with E-state index in [4.69, 9.17) is 9.47 Å². The van der Waals surface area contributed by atoms with Crippen LogP contribution in [0, 0.1) is 6.92 Å². The lowest BCUT2D eigenvalue weighted by molar-refractivity contribution is 0.0593. The minimum Gasteiger partial charge on any atom is -0.465 e. The zero-order valence-electron chi connectivity index (χ0n) is 15.8. The van der Waals surface area contributed by atoms with E-state index in [2.05, 4.69) is 10.1 Å². The molecule has 0 saturated heterocycles. The fourth-order valence-corrected chi connectivity index (χ4v) is 3.05. The summed E-state index contributed by atoms with van der Waals surface area (Å²) < 4.78 is 12.0. The number of ether oxygens (including phenoxy) is 2. The summed E-state index contributed by atoms with van der Waals surface area (Å²) in [4.78, 5) is 29.3. The van der Waals surface area contributed by atoms with E-state index in [1.54, 1.807) is 42.1 Å². The number of methoxy groups -OCH3 is 1. The highest BCUT2D eigenvalue weighted by Crippen LogP contribution is 2.28. The van der Waals surface area contributed by atoms with Gasteiger partial charge in [0.05, 0.1) is 19.0 Å². The summed E-state index contributed by atoms with van der Waals surface area (Å²) in [7, 11) is 1.28. The van der Waals surface area contributed by atoms with Crippen LogP contribution in [-0.4, -0.2) is 33.8 Å². The maximum Gasteiger partial charge on any atom is 0.347 e. The Kier molecular flexibility index (Phi) is 4.78. The third-order valence-corrected chi connectivity index (χ3v) is 4.55. The van der Waals surface area contributed by atoms with Crippen molar-refractivity contribution in [1.29, 1.82) is 0 Å². The largest absolute Gasteiger partial charge is 0.465 e. The Labute approximate surface area is 166 Å². The zero-order valence-corrected chi connectivity index (χ0v) is 15.8. The molecule has 0 unspecified atom stereocenters. The van der Waals surface area contributed by atoms with Gasteiger partial charge in [0.25, 0.3) is 0 Å². The predicted octanol–water partition coefficient (Wildman–Crippen LogP) is 3.73. The molecule has 2 aromatic carbocycles. The molecule has 7 heteroatoms. The molecular formula is C22H17N3O4. The highest BCUT2D eigenvalue weighted by molar-refractivity contribution is 6.01. The number of pyridine rings is 1. The lowest BCUT2D eigenvalue weighted by atomic mass is 10.1. The van der Waals surface area contributed by atoms with Crippen molar-refractivity contribution >= 4 is 22.7 Å². The lowest BCUT2D eigenvalue weighted by Crippen LogP contribution is -2.13. The lowest BCUT2D eigenvalue weighted by Gasteiger charge is -2.11. The van der Waals surface area contributed by atoms with Gasteiger partial charge in [0.1, 0.15) is 16.9 Å². The molecule has 0 aliphatic rings. The third-order valence-electron chi connectivity index (χ3n) is 4.55. The van der Waals surface area contributed by atoms with E-state index in [-0.39, 0.29) is 16.9 Å². The molecule has 2 heterocycles. The first-order valence-corrected chi connectivity index (χ1v) is 8.88. The van der Waals surface area contributed by atoms with Gasteiger partial charge in [-0.2, -0.15) is 5.10 Å². The van der Waals surface area contributed by atoms with Gasteiger partial charge >= 0.3 is 11.9 Å². The van der Waals surface area contributed by atoms with E-state index in [1.165, 1.54) is 13.3 Å². The molecule has 4 rings (SSSR count). The van der Waals surface area contributed by atoms with Crippen molar-refractivity contribution in [2.75, 3.05) is 7.11 Å². The summed E-state index contributed by atoms with van der Waals surface area (Å²) in [6.07, 6.45) is 3.07. The van der Waals surface area contributed by atoms with Crippen LogP contribution in [0.3, 0.4) is 0 Å². The fourth-order valence-electron chi connectivity index (χ4n) is 3.05. The van der Waals surface area contributed by atoms with Crippen molar-refractivity contribution < 1.29 is 19.1 Å². The van der Waals surface area contributed by atoms with Crippen molar-refractivity contribution in [2.45, 2.75) is 6.92 Å². The average molecular weight is 387 g/mol. The van der Waals surface area contributed by atoms with Crippen LogP contribution in [0.4, 0.5) is 0 Å². The molecule has 2 aromatic heterocycles. The molecule has 0 fully saturated rings. The van der Waals surface area contributed by atoms with E-state index in [0.717, 1.165) is 10.8 Å². The van der Waals surface area contributed by atoms with Gasteiger partial charge in [0.2, 0.25) is 0 Å². The summed E-state index contributed by atoms with van der Waals surface area (Å²) in [5.74, 6) is -0.486. The van der Waals surface area contributed by atoms with Crippen LogP contribution in [0.2, 0.25) is 0 Å². The maximum absolute atomic E-state index is 12.8. The number of benzene rings is 2. The molecule has 7 nitrogen and oxygen atoms in total. The van der Waals surface area contributed by atoms with Gasteiger partial charge in [-0.25, -0.2) is 19.3 Å². The summed E-state index contributed by atoms with van der Waals surface area (Å²) in [5, 5.41) is 5.91. The number of rotatable bonds is 4. The van der Waals surface area contributed by atoms with Crippen molar-refractivity contribution in [1.82, 2.24) is 14.8 Å². The average Bonchev–Trinajstić information content (AvgIpc) is 3.14. The molecule has 0 spiro atoms. The van der Waals surface area contributed by atoms with Crippen molar-refractivity contribution in [2.24, 2.45) is 0 Å². The standard InChI is InChI=1S/C22H17N3O4/c1-14-18(13-24-25(14)20-9-5-6-10-23-20)22(27)29-19-12-16-8-4-3-7-15(16)11-17(19)21(26)28-2/h3-13H,1-2H3. The van der Waals surface area contributed by atoms with E-state index in [9.17, 15) is 9.59 Å². The van der Waals surface area contributed by atoms with E-state index in [0.29, 0.717) is 11.5 Å². The van der Waals surface area contributed by atoms with E-state index >= 15 is 0 Å². The Morgan fingerprint density at radius 2 is 1.66 bits per heavy atom. The minimum absolute atomic E-state index is 0.130. The van der Waals surface area contributed by atoms with Crippen LogP contribution in [-0.2, 0) is 4.74 Å². The second-order valence-electron chi connectivity index (χ2n) is 6.32. The first-order valence-electron chi connectivity index (χ1n) is 8.88. The molecule has 4 aromatic rings. The minimum atomic E-state index is -0.620. The molecule has 29 heavy (non-hydrogen) atoms. The number of carbonyl (C=O) groups excluding carboxylic acids is 2. The molecule has 0 bridgehead atoms. The summed E-state index contributed by atoms with van der Waals surface area (Å²) in [5.41, 5.74) is 1.03. The molecule has 0 N–H and O–H groups in total. The van der Waals surface area contributed by atoms with Crippen LogP contribution < -0.4 is 4.74 Å². The van der Waals surface area contributed by atoms with Crippen molar-refractivity contribution in [3.63, 3.8) is 0 Å². The SMILES string of the molecule is COC(=O)c1cc2ccccc2cc1OC(=O)c1cnn(-c2ccccn2)c1C. The number of esters is 2. The topological polar surface area (TPSA) is 83.3 Å². The second-order valence-corrected chi connectivity index (χ2v) is 6.32. The molecule has 0 aliphatic carbocycles. The van der Waals surface area contributed by atoms with Gasteiger partial charge in [-0.15, -0.1) is 0 Å². The highest BCUT2D eigenvalue weighted by Gasteiger charge is 2.21. The summed E-state index contributed by atoms with van der Waals surface area (Å²) in [6.45, 7) is 1.75. The van der Waals surface area contributed by atoms with Crippen molar-refractivity contribution in [3.05, 3.63) is 83.8 Å². The van der Waals surface area contributed by atoms with Gasteiger partial charge in [-0.1, -0.05) is 30.3 Å². The fraction of sp³-hybridized carbons (Fsp3) is 0.0909. The van der Waals surface area contributed by atoms with Gasteiger partial charge in [-0.05, 0) is 42.0 Å². The highest BCUT2D eigenvalue weighted by atomic mass is 16.5. The molecule has 0 aliphatic heterocycles. The first-order chi connectivity index (χ1) is 14.1. The number of nitrogens with zero attached hydrogens (tertiary/aromatic N) is 3. The van der Waals surface area contributed by atoms with Gasteiger partial charge in [-0.3, -0.25) is 0 Å². The summed E-state index contributed by atoms with van der Waals surface area (Å²) in [6, 6.07) is 16.2. The van der Waals surface area contributed by atoms with Crippen LogP contribution in [0.1, 0.15) is 26.4 Å². The number of aromatic nitrogens is 3. The number of hydrogen-bond donors (Lipinski definition) is 0. The first kappa shape index (κ1) is 18.4. The third kappa shape index (κ3) is 3.45. The molecule has 144 valence electrons. The Balaban J connectivity index is 1.71. The van der Waals surface area contributed by atoms with Gasteiger partial charge < -0.3 is 9.47 Å². The van der Waals surface area contributed by atoms with Crippen LogP contribution >= 0.6 is 0 Å². The Morgan fingerprint density at radius 3 is 2.34 bits per heavy atom. The predicted molar refractivity (Wildman–Crippen MR) is 106 cm³/mol. The molecular weight excluding hydrogens is 370 g/mol. The van der Waals surface area contributed by atoms with Crippen LogP contribution in [0.25, 0.3) is 16.6 Å². The number of carbonyl (C=O) groups is 2. The Hall–Kier alpha value is -4.00. The second kappa shape index (κ2) is 7.55. The summed E-state index contributed by atoms with van der Waals surface area (Å²) >= 11 is 0. The van der Waals surface area contributed by atoms with Crippen molar-refractivity contribution in [3.8, 4) is 11.6 Å². The Bertz CT molecular complexity index is 1220. The normalized spacial score (nSPS) is 10.7. The number of fused-ring (bicyclic) bond motifs is 1. The Morgan fingerprint density at radius 1 is 0.931 bits per heavy atom. The smallest absolute Gasteiger partial charge is 0.347 e. The monoisotopic (exact) mass is 387 g/mol. The van der Waals surface area contributed by atoms with Crippen LogP contribution in [0.15, 0.2) is 67.0 Å². The molecule has 0 amide bonds. The number of hydrogen-bond acceptors (Lipinski definition) is 6. The van der Waals surface area contributed by atoms with E-state index < -0.39 is 11.9 Å². The zero-order chi connectivity index (χ0) is 20.4. The van der Waals surface area contributed by atoms with Gasteiger partial charge in [0, 0.05) is 6.20 Å². The van der Waals surface area contributed by atoms with Crippen LogP contribution in [0.5, 0.6) is 5.75 Å². The quantitative estimate of drug-likeness (QED) is 0.392. The maximum atomic E-state index is 12.8. The van der Waals surface area contributed by atoms with Gasteiger partial charge in [0.15, 0.2) is 5.82 Å². The molecule has 0 atom stereocenters.